The van der Waals surface area contributed by atoms with E-state index in [-0.39, 0.29) is 5.91 Å². The van der Waals surface area contributed by atoms with Gasteiger partial charge in [-0.3, -0.25) is 9.69 Å². The molecule has 0 fully saturated rings. The van der Waals surface area contributed by atoms with Crippen molar-refractivity contribution in [3.8, 4) is 0 Å². The maximum atomic E-state index is 10.5. The van der Waals surface area contributed by atoms with E-state index in [1.807, 2.05) is 6.08 Å². The molecule has 82 valence electrons. The van der Waals surface area contributed by atoms with E-state index in [0.717, 1.165) is 26.1 Å². The van der Waals surface area contributed by atoms with Gasteiger partial charge in [0.25, 0.3) is 0 Å². The molecule has 0 spiro atoms. The first-order valence-electron chi connectivity index (χ1n) is 5.39. The summed E-state index contributed by atoms with van der Waals surface area (Å²) in [4.78, 5) is 12.8. The molecule has 0 aromatic carbocycles. The molecule has 3 heteroatoms. The summed E-state index contributed by atoms with van der Waals surface area (Å²) in [5, 5.41) is 0. The van der Waals surface area contributed by atoms with E-state index in [1.54, 1.807) is 0 Å². The molecule has 1 amide bonds. The first-order chi connectivity index (χ1) is 6.70. The minimum Gasteiger partial charge on any atom is -0.366 e. The summed E-state index contributed by atoms with van der Waals surface area (Å²) in [5.41, 5.74) is 5.01. The van der Waals surface area contributed by atoms with E-state index >= 15 is 0 Å². The predicted molar refractivity (Wildman–Crippen MR) is 60.0 cm³/mol. The van der Waals surface area contributed by atoms with Gasteiger partial charge in [0.05, 0.1) is 0 Å². The average Bonchev–Trinajstić information content (AvgIpc) is 2.13. The van der Waals surface area contributed by atoms with Crippen LogP contribution in [0.2, 0.25) is 0 Å². The van der Waals surface area contributed by atoms with Crippen LogP contribution in [0.15, 0.2) is 12.2 Å². The Kier molecular flexibility index (Phi) is 8.24. The highest BCUT2D eigenvalue weighted by atomic mass is 16.1. The summed E-state index contributed by atoms with van der Waals surface area (Å²) in [6.45, 7) is 7.37. The van der Waals surface area contributed by atoms with E-state index < -0.39 is 0 Å². The number of carbonyl (C=O) groups excluding carboxylic acids is 1. The van der Waals surface area contributed by atoms with Crippen molar-refractivity contribution < 1.29 is 4.79 Å². The van der Waals surface area contributed by atoms with Gasteiger partial charge < -0.3 is 5.73 Å². The standard InChI is InChI=1S/C11H22N2O/c1-3-5-9-13(8-4-2)10-6-7-11(12)14/h6-7H,3-5,8-10H2,1-2H3,(H2,12,14)/b7-6+. The zero-order valence-electron chi connectivity index (χ0n) is 9.33. The number of nitrogens with zero attached hydrogens (tertiary/aromatic N) is 1. The fourth-order valence-electron chi connectivity index (χ4n) is 1.31. The maximum Gasteiger partial charge on any atom is 0.241 e. The van der Waals surface area contributed by atoms with E-state index in [1.165, 1.54) is 18.9 Å². The van der Waals surface area contributed by atoms with Crippen LogP contribution in [0.25, 0.3) is 0 Å². The maximum absolute atomic E-state index is 10.5. The molecule has 0 bridgehead atoms. The lowest BCUT2D eigenvalue weighted by Gasteiger charge is -2.19. The van der Waals surface area contributed by atoms with Crippen LogP contribution in [0.5, 0.6) is 0 Å². The van der Waals surface area contributed by atoms with E-state index in [4.69, 9.17) is 5.73 Å². The molecule has 0 rings (SSSR count). The molecular formula is C11H22N2O. The lowest BCUT2D eigenvalue weighted by Crippen LogP contribution is -2.26. The lowest BCUT2D eigenvalue weighted by atomic mass is 10.3. The zero-order valence-corrected chi connectivity index (χ0v) is 9.33. The molecule has 0 radical (unpaired) electrons. The number of hydrogen-bond donors (Lipinski definition) is 1. The highest BCUT2D eigenvalue weighted by Gasteiger charge is 1.99. The number of hydrogen-bond acceptors (Lipinski definition) is 2. The minimum absolute atomic E-state index is 0.364. The second-order valence-electron chi connectivity index (χ2n) is 3.46. The molecule has 2 N–H and O–H groups in total. The number of primary amides is 1. The SMILES string of the molecule is CCCCN(C/C=C/C(N)=O)CCC. The van der Waals surface area contributed by atoms with Gasteiger partial charge in [-0.15, -0.1) is 0 Å². The summed E-state index contributed by atoms with van der Waals surface area (Å²) < 4.78 is 0. The largest absolute Gasteiger partial charge is 0.366 e. The summed E-state index contributed by atoms with van der Waals surface area (Å²) >= 11 is 0. The number of rotatable bonds is 8. The van der Waals surface area contributed by atoms with Crippen LogP contribution in [-0.4, -0.2) is 30.4 Å². The molecule has 0 aromatic heterocycles. The van der Waals surface area contributed by atoms with Crippen LogP contribution in [0.3, 0.4) is 0 Å². The van der Waals surface area contributed by atoms with Crippen molar-refractivity contribution in [2.75, 3.05) is 19.6 Å². The van der Waals surface area contributed by atoms with Crippen LogP contribution in [0, 0.1) is 0 Å². The highest BCUT2D eigenvalue weighted by molar-refractivity contribution is 5.85. The number of carbonyl (C=O) groups is 1. The van der Waals surface area contributed by atoms with Gasteiger partial charge in [-0.05, 0) is 32.0 Å². The molecule has 0 saturated carbocycles. The van der Waals surface area contributed by atoms with Gasteiger partial charge >= 0.3 is 0 Å². The van der Waals surface area contributed by atoms with Crippen molar-refractivity contribution in [2.24, 2.45) is 5.73 Å². The van der Waals surface area contributed by atoms with Gasteiger partial charge in [0.15, 0.2) is 0 Å². The van der Waals surface area contributed by atoms with Crippen molar-refractivity contribution >= 4 is 5.91 Å². The third kappa shape index (κ3) is 7.80. The summed E-state index contributed by atoms with van der Waals surface area (Å²) in [5.74, 6) is -0.364. The molecule has 3 nitrogen and oxygen atoms in total. The Morgan fingerprint density at radius 1 is 1.29 bits per heavy atom. The third-order valence-corrected chi connectivity index (χ3v) is 2.01. The van der Waals surface area contributed by atoms with Gasteiger partial charge in [0.1, 0.15) is 0 Å². The second-order valence-corrected chi connectivity index (χ2v) is 3.46. The monoisotopic (exact) mass is 198 g/mol. The Morgan fingerprint density at radius 2 is 2.00 bits per heavy atom. The molecule has 0 atom stereocenters. The van der Waals surface area contributed by atoms with Crippen molar-refractivity contribution in [3.05, 3.63) is 12.2 Å². The molecule has 0 saturated heterocycles. The molecule has 0 aromatic rings. The van der Waals surface area contributed by atoms with Gasteiger partial charge in [-0.25, -0.2) is 0 Å². The van der Waals surface area contributed by atoms with E-state index in [2.05, 4.69) is 18.7 Å². The van der Waals surface area contributed by atoms with Crippen molar-refractivity contribution in [1.82, 2.24) is 4.90 Å². The summed E-state index contributed by atoms with van der Waals surface area (Å²) in [7, 11) is 0. The number of nitrogens with two attached hydrogens (primary N) is 1. The average molecular weight is 198 g/mol. The molecule has 0 aliphatic rings. The predicted octanol–water partition coefficient (Wildman–Crippen LogP) is 1.54. The first kappa shape index (κ1) is 13.2. The normalized spacial score (nSPS) is 11.4. The van der Waals surface area contributed by atoms with E-state index in [9.17, 15) is 4.79 Å². The Hall–Kier alpha value is -0.830. The lowest BCUT2D eigenvalue weighted by molar-refractivity contribution is -0.113. The zero-order chi connectivity index (χ0) is 10.8. The van der Waals surface area contributed by atoms with Crippen LogP contribution in [0.1, 0.15) is 33.1 Å². The minimum atomic E-state index is -0.364. The Morgan fingerprint density at radius 3 is 2.50 bits per heavy atom. The second kappa shape index (κ2) is 8.75. The van der Waals surface area contributed by atoms with Gasteiger partial charge in [-0.2, -0.15) is 0 Å². The van der Waals surface area contributed by atoms with Crippen molar-refractivity contribution in [1.29, 1.82) is 0 Å². The van der Waals surface area contributed by atoms with E-state index in [0.29, 0.717) is 0 Å². The van der Waals surface area contributed by atoms with Crippen LogP contribution in [0.4, 0.5) is 0 Å². The first-order valence-corrected chi connectivity index (χ1v) is 5.39. The smallest absolute Gasteiger partial charge is 0.241 e. The fourth-order valence-corrected chi connectivity index (χ4v) is 1.31. The molecular weight excluding hydrogens is 176 g/mol. The highest BCUT2D eigenvalue weighted by Crippen LogP contribution is 1.96. The van der Waals surface area contributed by atoms with Gasteiger partial charge in [-0.1, -0.05) is 26.3 Å². The Labute approximate surface area is 87.0 Å². The van der Waals surface area contributed by atoms with Crippen LogP contribution in [-0.2, 0) is 4.79 Å². The fraction of sp³-hybridized carbons (Fsp3) is 0.727. The topological polar surface area (TPSA) is 46.3 Å². The molecule has 0 aliphatic carbocycles. The van der Waals surface area contributed by atoms with Crippen LogP contribution >= 0.6 is 0 Å². The molecule has 14 heavy (non-hydrogen) atoms. The number of unbranched alkanes of at least 4 members (excludes halogenated alkanes) is 1. The molecule has 0 unspecified atom stereocenters. The molecule has 0 heterocycles. The Balaban J connectivity index is 3.77. The molecule has 0 aliphatic heterocycles. The third-order valence-electron chi connectivity index (χ3n) is 2.01. The quantitative estimate of drug-likeness (QED) is 0.601. The van der Waals surface area contributed by atoms with Crippen molar-refractivity contribution in [2.45, 2.75) is 33.1 Å². The summed E-state index contributed by atoms with van der Waals surface area (Å²) in [6.07, 6.45) is 6.85. The van der Waals surface area contributed by atoms with Crippen LogP contribution < -0.4 is 5.73 Å². The van der Waals surface area contributed by atoms with Gasteiger partial charge in [0.2, 0.25) is 5.91 Å². The van der Waals surface area contributed by atoms with Gasteiger partial charge in [0, 0.05) is 6.54 Å². The summed E-state index contributed by atoms with van der Waals surface area (Å²) in [6, 6.07) is 0. The van der Waals surface area contributed by atoms with Crippen molar-refractivity contribution in [3.63, 3.8) is 0 Å². The number of amides is 1. The Bertz CT molecular complexity index is 178.